The van der Waals surface area contributed by atoms with Crippen LogP contribution >= 0.6 is 11.6 Å². The number of hydrogen-bond donors (Lipinski definition) is 1. The third-order valence-electron chi connectivity index (χ3n) is 2.67. The number of anilines is 1. The Hall–Kier alpha value is -1.82. The predicted molar refractivity (Wildman–Crippen MR) is 69.7 cm³/mol. The van der Waals surface area contributed by atoms with E-state index in [0.717, 1.165) is 5.69 Å². The van der Waals surface area contributed by atoms with Gasteiger partial charge in [0.15, 0.2) is 0 Å². The van der Waals surface area contributed by atoms with Crippen molar-refractivity contribution in [2.24, 2.45) is 7.05 Å². The molecule has 0 aliphatic heterocycles. The maximum absolute atomic E-state index is 11.8. The first-order valence-corrected chi connectivity index (χ1v) is 5.97. The molecule has 0 aliphatic rings. The van der Waals surface area contributed by atoms with Crippen LogP contribution in [0.4, 0.5) is 5.69 Å². The molecule has 0 unspecified atom stereocenters. The van der Waals surface area contributed by atoms with Crippen molar-refractivity contribution in [1.29, 1.82) is 0 Å². The second-order valence-electron chi connectivity index (χ2n) is 3.79. The molecule has 7 heteroatoms. The summed E-state index contributed by atoms with van der Waals surface area (Å²) in [5.74, 6) is 0. The Morgan fingerprint density at radius 3 is 2.83 bits per heavy atom. The van der Waals surface area contributed by atoms with Crippen molar-refractivity contribution < 1.29 is 0 Å². The fourth-order valence-corrected chi connectivity index (χ4v) is 1.79. The number of aryl methyl sites for hydroxylation is 2. The molecule has 1 N–H and O–H groups in total. The molecule has 18 heavy (non-hydrogen) atoms. The van der Waals surface area contributed by atoms with E-state index < -0.39 is 0 Å². The summed E-state index contributed by atoms with van der Waals surface area (Å²) in [4.78, 5) is 11.8. The number of nitrogens with zero attached hydrogens (tertiary/aromatic N) is 4. The van der Waals surface area contributed by atoms with Gasteiger partial charge in [0.25, 0.3) is 5.56 Å². The summed E-state index contributed by atoms with van der Waals surface area (Å²) in [7, 11) is 1.85. The quantitative estimate of drug-likeness (QED) is 0.906. The summed E-state index contributed by atoms with van der Waals surface area (Å²) in [6.45, 7) is 2.88. The predicted octanol–water partition coefficient (Wildman–Crippen LogP) is 1.26. The van der Waals surface area contributed by atoms with Gasteiger partial charge in [-0.2, -0.15) is 10.2 Å². The topological polar surface area (TPSA) is 64.7 Å². The maximum atomic E-state index is 11.8. The summed E-state index contributed by atoms with van der Waals surface area (Å²) >= 11 is 6.00. The van der Waals surface area contributed by atoms with Crippen molar-refractivity contribution in [2.75, 3.05) is 5.32 Å². The van der Waals surface area contributed by atoms with Crippen LogP contribution in [0, 0.1) is 0 Å². The fourth-order valence-electron chi connectivity index (χ4n) is 1.57. The molecule has 2 rings (SSSR count). The largest absolute Gasteiger partial charge is 0.377 e. The van der Waals surface area contributed by atoms with Crippen LogP contribution in [0.2, 0.25) is 5.02 Å². The molecule has 2 aromatic heterocycles. The van der Waals surface area contributed by atoms with Gasteiger partial charge in [0, 0.05) is 19.8 Å². The van der Waals surface area contributed by atoms with E-state index in [1.165, 1.54) is 4.68 Å². The fraction of sp³-hybridized carbons (Fsp3) is 0.364. The van der Waals surface area contributed by atoms with Gasteiger partial charge in [-0.3, -0.25) is 9.48 Å². The van der Waals surface area contributed by atoms with E-state index in [9.17, 15) is 4.79 Å². The highest BCUT2D eigenvalue weighted by Crippen LogP contribution is 2.16. The molecule has 0 fully saturated rings. The number of halogens is 1. The van der Waals surface area contributed by atoms with Crippen LogP contribution in [-0.4, -0.2) is 19.6 Å². The minimum absolute atomic E-state index is 0.161. The van der Waals surface area contributed by atoms with Crippen LogP contribution in [0.15, 0.2) is 23.3 Å². The molecule has 0 aromatic carbocycles. The number of nitrogens with one attached hydrogen (secondary N) is 1. The van der Waals surface area contributed by atoms with Crippen LogP contribution in [0.3, 0.4) is 0 Å². The Labute approximate surface area is 109 Å². The summed E-state index contributed by atoms with van der Waals surface area (Å²) in [6.07, 6.45) is 3.27. The van der Waals surface area contributed by atoms with E-state index in [2.05, 4.69) is 15.5 Å². The summed E-state index contributed by atoms with van der Waals surface area (Å²) in [5, 5.41) is 11.3. The molecule has 0 spiro atoms. The van der Waals surface area contributed by atoms with Gasteiger partial charge in [-0.15, -0.1) is 0 Å². The average Bonchev–Trinajstić information content (AvgIpc) is 2.77. The van der Waals surface area contributed by atoms with Gasteiger partial charge >= 0.3 is 0 Å². The Morgan fingerprint density at radius 2 is 2.22 bits per heavy atom. The molecule has 6 nitrogen and oxygen atoms in total. The number of rotatable bonds is 4. The van der Waals surface area contributed by atoms with Crippen LogP contribution < -0.4 is 10.9 Å². The standard InChI is InChI=1S/C11H14ClN5O/c1-3-17-11(18)10(12)9(7-15-17)13-6-8-4-5-14-16(8)2/h4-5,7,13H,3,6H2,1-2H3. The molecule has 0 bridgehead atoms. The third kappa shape index (κ3) is 2.38. The highest BCUT2D eigenvalue weighted by molar-refractivity contribution is 6.32. The van der Waals surface area contributed by atoms with Gasteiger partial charge in [0.05, 0.1) is 24.1 Å². The molecule has 0 radical (unpaired) electrons. The molecule has 0 amide bonds. The maximum Gasteiger partial charge on any atom is 0.287 e. The van der Waals surface area contributed by atoms with Crippen molar-refractivity contribution in [3.63, 3.8) is 0 Å². The number of aromatic nitrogens is 4. The summed E-state index contributed by atoms with van der Waals surface area (Å²) < 4.78 is 3.07. The SMILES string of the molecule is CCn1ncc(NCc2ccnn2C)c(Cl)c1=O. The molecule has 0 saturated heterocycles. The van der Waals surface area contributed by atoms with Crippen LogP contribution in [0.5, 0.6) is 0 Å². The van der Waals surface area contributed by atoms with Gasteiger partial charge in [-0.25, -0.2) is 4.68 Å². The van der Waals surface area contributed by atoms with E-state index in [0.29, 0.717) is 18.8 Å². The zero-order chi connectivity index (χ0) is 13.1. The lowest BCUT2D eigenvalue weighted by Crippen LogP contribution is -2.23. The first kappa shape index (κ1) is 12.6. The molecule has 2 aromatic rings. The Kier molecular flexibility index (Phi) is 3.66. The van der Waals surface area contributed by atoms with E-state index in [1.807, 2.05) is 20.0 Å². The number of hydrogen-bond acceptors (Lipinski definition) is 4. The lowest BCUT2D eigenvalue weighted by atomic mass is 10.4. The van der Waals surface area contributed by atoms with Gasteiger partial charge < -0.3 is 5.32 Å². The van der Waals surface area contributed by atoms with Crippen molar-refractivity contribution >= 4 is 17.3 Å². The zero-order valence-corrected chi connectivity index (χ0v) is 11.0. The van der Waals surface area contributed by atoms with Crippen LogP contribution in [0.1, 0.15) is 12.6 Å². The molecule has 2 heterocycles. The van der Waals surface area contributed by atoms with Crippen molar-refractivity contribution in [1.82, 2.24) is 19.6 Å². The highest BCUT2D eigenvalue weighted by Gasteiger charge is 2.08. The van der Waals surface area contributed by atoms with Crippen LogP contribution in [0.25, 0.3) is 0 Å². The van der Waals surface area contributed by atoms with Gasteiger partial charge in [0.1, 0.15) is 5.02 Å². The minimum atomic E-state index is -0.283. The molecule has 0 saturated carbocycles. The first-order chi connectivity index (χ1) is 8.63. The third-order valence-corrected chi connectivity index (χ3v) is 3.03. The lowest BCUT2D eigenvalue weighted by molar-refractivity contribution is 0.616. The lowest BCUT2D eigenvalue weighted by Gasteiger charge is -2.09. The van der Waals surface area contributed by atoms with Crippen molar-refractivity contribution in [3.8, 4) is 0 Å². The molecular formula is C11H14ClN5O. The van der Waals surface area contributed by atoms with E-state index >= 15 is 0 Å². The monoisotopic (exact) mass is 267 g/mol. The Bertz CT molecular complexity index is 604. The van der Waals surface area contributed by atoms with E-state index in [4.69, 9.17) is 11.6 Å². The Morgan fingerprint density at radius 1 is 1.44 bits per heavy atom. The Balaban J connectivity index is 2.18. The molecular weight excluding hydrogens is 254 g/mol. The highest BCUT2D eigenvalue weighted by atomic mass is 35.5. The second-order valence-corrected chi connectivity index (χ2v) is 4.17. The molecule has 96 valence electrons. The van der Waals surface area contributed by atoms with E-state index in [-0.39, 0.29) is 10.6 Å². The van der Waals surface area contributed by atoms with Crippen molar-refractivity contribution in [3.05, 3.63) is 39.5 Å². The first-order valence-electron chi connectivity index (χ1n) is 5.60. The van der Waals surface area contributed by atoms with Gasteiger partial charge in [0.2, 0.25) is 0 Å². The summed E-state index contributed by atoms with van der Waals surface area (Å²) in [6, 6.07) is 1.89. The average molecular weight is 268 g/mol. The molecule has 0 atom stereocenters. The van der Waals surface area contributed by atoms with Crippen LogP contribution in [-0.2, 0) is 20.1 Å². The summed E-state index contributed by atoms with van der Waals surface area (Å²) in [5.41, 5.74) is 1.24. The second kappa shape index (κ2) is 5.22. The van der Waals surface area contributed by atoms with Gasteiger partial charge in [-0.1, -0.05) is 11.6 Å². The normalized spacial score (nSPS) is 10.6. The smallest absolute Gasteiger partial charge is 0.287 e. The molecule has 0 aliphatic carbocycles. The van der Waals surface area contributed by atoms with E-state index in [1.54, 1.807) is 17.1 Å². The zero-order valence-electron chi connectivity index (χ0n) is 10.2. The van der Waals surface area contributed by atoms with Crippen molar-refractivity contribution in [2.45, 2.75) is 20.0 Å². The minimum Gasteiger partial charge on any atom is -0.377 e. The van der Waals surface area contributed by atoms with Gasteiger partial charge in [-0.05, 0) is 13.0 Å².